The first-order chi connectivity index (χ1) is 13.0. The predicted molar refractivity (Wildman–Crippen MR) is 94.8 cm³/mol. The number of methoxy groups -OCH3 is 1. The van der Waals surface area contributed by atoms with Crippen LogP contribution in [0.3, 0.4) is 0 Å². The van der Waals surface area contributed by atoms with Gasteiger partial charge in [-0.3, -0.25) is 4.79 Å². The lowest BCUT2D eigenvalue weighted by atomic mass is 9.96. The minimum absolute atomic E-state index is 0.0194. The summed E-state index contributed by atoms with van der Waals surface area (Å²) >= 11 is 0. The molecule has 0 amide bonds. The van der Waals surface area contributed by atoms with Gasteiger partial charge in [-0.1, -0.05) is 12.1 Å². The number of aromatic amines is 1. The van der Waals surface area contributed by atoms with Crippen LogP contribution in [0.25, 0.3) is 16.8 Å². The van der Waals surface area contributed by atoms with Gasteiger partial charge in [0.15, 0.2) is 5.69 Å². The first kappa shape index (κ1) is 17.5. The number of esters is 1. The molecule has 0 saturated heterocycles. The summed E-state index contributed by atoms with van der Waals surface area (Å²) in [4.78, 5) is 25.8. The molecule has 2 aromatic heterocycles. The molecule has 0 saturated carbocycles. The molecular weight excluding hydrogens is 348 g/mol. The van der Waals surface area contributed by atoms with Gasteiger partial charge in [0.25, 0.3) is 5.56 Å². The molecule has 3 N–H and O–H groups in total. The van der Waals surface area contributed by atoms with Gasteiger partial charge in [0, 0.05) is 11.8 Å². The Morgan fingerprint density at radius 2 is 1.85 bits per heavy atom. The SMILES string of the molecule is COC(=O)c1ccn(-c2ccc(-c3c(C#N)c(N)[nH]c(=O)c3C#N)cc2)n1. The number of nitrogen functional groups attached to an aromatic ring is 1. The second kappa shape index (κ2) is 6.86. The molecule has 1 aromatic carbocycles. The zero-order valence-electron chi connectivity index (χ0n) is 14.1. The molecule has 0 bridgehead atoms. The summed E-state index contributed by atoms with van der Waals surface area (Å²) in [5, 5.41) is 22.8. The molecule has 3 aromatic rings. The van der Waals surface area contributed by atoms with Crippen LogP contribution >= 0.6 is 0 Å². The number of nitrogens with two attached hydrogens (primary N) is 1. The van der Waals surface area contributed by atoms with Crippen LogP contribution in [0.5, 0.6) is 0 Å². The zero-order chi connectivity index (χ0) is 19.6. The van der Waals surface area contributed by atoms with E-state index in [4.69, 9.17) is 5.73 Å². The number of anilines is 1. The first-order valence-corrected chi connectivity index (χ1v) is 7.61. The second-order valence-electron chi connectivity index (χ2n) is 5.40. The average molecular weight is 360 g/mol. The van der Waals surface area contributed by atoms with E-state index in [-0.39, 0.29) is 28.2 Å². The van der Waals surface area contributed by atoms with Gasteiger partial charge in [-0.2, -0.15) is 15.6 Å². The van der Waals surface area contributed by atoms with Crippen LogP contribution in [0, 0.1) is 22.7 Å². The fourth-order valence-corrected chi connectivity index (χ4v) is 2.59. The van der Waals surface area contributed by atoms with Crippen molar-refractivity contribution in [1.82, 2.24) is 14.8 Å². The van der Waals surface area contributed by atoms with Gasteiger partial charge in [-0.05, 0) is 23.8 Å². The van der Waals surface area contributed by atoms with Crippen LogP contribution in [0.2, 0.25) is 0 Å². The summed E-state index contributed by atoms with van der Waals surface area (Å²) in [6.07, 6.45) is 1.59. The normalized spacial score (nSPS) is 10.0. The van der Waals surface area contributed by atoms with Crippen LogP contribution in [-0.4, -0.2) is 27.8 Å². The van der Waals surface area contributed by atoms with Gasteiger partial charge in [-0.15, -0.1) is 0 Å². The molecule has 0 aliphatic rings. The Balaban J connectivity index is 2.09. The Kier molecular flexibility index (Phi) is 4.43. The Morgan fingerprint density at radius 3 is 2.44 bits per heavy atom. The maximum absolute atomic E-state index is 12.0. The van der Waals surface area contributed by atoms with Crippen LogP contribution in [0.4, 0.5) is 5.82 Å². The maximum atomic E-state index is 12.0. The summed E-state index contributed by atoms with van der Waals surface area (Å²) in [6.45, 7) is 0. The molecule has 9 nitrogen and oxygen atoms in total. The van der Waals surface area contributed by atoms with Crippen molar-refractivity contribution in [3.8, 4) is 29.0 Å². The van der Waals surface area contributed by atoms with Crippen molar-refractivity contribution in [2.45, 2.75) is 0 Å². The largest absolute Gasteiger partial charge is 0.464 e. The molecule has 2 heterocycles. The third-order valence-corrected chi connectivity index (χ3v) is 3.87. The van der Waals surface area contributed by atoms with Gasteiger partial charge in [-0.25, -0.2) is 9.48 Å². The summed E-state index contributed by atoms with van der Waals surface area (Å²) in [5.41, 5.74) is 6.31. The van der Waals surface area contributed by atoms with Crippen molar-refractivity contribution in [3.05, 3.63) is 63.7 Å². The number of nitrogens with zero attached hydrogens (tertiary/aromatic N) is 4. The number of nitrogens with one attached hydrogen (secondary N) is 1. The Labute approximate surface area is 152 Å². The van der Waals surface area contributed by atoms with E-state index in [9.17, 15) is 20.1 Å². The van der Waals surface area contributed by atoms with Crippen LogP contribution < -0.4 is 11.3 Å². The minimum Gasteiger partial charge on any atom is -0.464 e. The Morgan fingerprint density at radius 1 is 1.19 bits per heavy atom. The van der Waals surface area contributed by atoms with E-state index in [1.54, 1.807) is 30.5 Å². The molecule has 9 heteroatoms. The Hall–Kier alpha value is -4.37. The number of pyridine rings is 1. The van der Waals surface area contributed by atoms with Crippen molar-refractivity contribution in [2.24, 2.45) is 0 Å². The van der Waals surface area contributed by atoms with Crippen molar-refractivity contribution in [2.75, 3.05) is 12.8 Å². The smallest absolute Gasteiger partial charge is 0.358 e. The van der Waals surface area contributed by atoms with Gasteiger partial charge in [0.1, 0.15) is 29.1 Å². The number of carbonyl (C=O) groups is 1. The number of hydrogen-bond acceptors (Lipinski definition) is 7. The summed E-state index contributed by atoms with van der Waals surface area (Å²) < 4.78 is 6.09. The van der Waals surface area contributed by atoms with E-state index in [0.29, 0.717) is 11.3 Å². The highest BCUT2D eigenvalue weighted by Crippen LogP contribution is 2.28. The van der Waals surface area contributed by atoms with E-state index >= 15 is 0 Å². The second-order valence-corrected chi connectivity index (χ2v) is 5.40. The summed E-state index contributed by atoms with van der Waals surface area (Å²) in [6, 6.07) is 11.8. The maximum Gasteiger partial charge on any atom is 0.358 e. The van der Waals surface area contributed by atoms with Crippen molar-refractivity contribution in [3.63, 3.8) is 0 Å². The minimum atomic E-state index is -0.664. The van der Waals surface area contributed by atoms with E-state index in [1.165, 1.54) is 17.9 Å². The third-order valence-electron chi connectivity index (χ3n) is 3.87. The van der Waals surface area contributed by atoms with E-state index in [0.717, 1.165) is 0 Å². The monoisotopic (exact) mass is 360 g/mol. The van der Waals surface area contributed by atoms with Gasteiger partial charge in [0.05, 0.1) is 12.8 Å². The van der Waals surface area contributed by atoms with Gasteiger partial charge >= 0.3 is 5.97 Å². The van der Waals surface area contributed by atoms with Crippen LogP contribution in [0.1, 0.15) is 21.6 Å². The van der Waals surface area contributed by atoms with Crippen molar-refractivity contribution < 1.29 is 9.53 Å². The topological polar surface area (TPSA) is 151 Å². The van der Waals surface area contributed by atoms with E-state index in [2.05, 4.69) is 14.8 Å². The summed E-state index contributed by atoms with van der Waals surface area (Å²) in [5.74, 6) is -0.656. The lowest BCUT2D eigenvalue weighted by Crippen LogP contribution is -2.16. The highest BCUT2D eigenvalue weighted by atomic mass is 16.5. The molecule has 0 aliphatic carbocycles. The molecular formula is C18H12N6O3. The van der Waals surface area contributed by atoms with Gasteiger partial charge < -0.3 is 15.5 Å². The molecule has 0 fully saturated rings. The quantitative estimate of drug-likeness (QED) is 0.669. The number of carbonyl (C=O) groups excluding carboxylic acids is 1. The molecule has 3 rings (SSSR count). The van der Waals surface area contributed by atoms with Crippen molar-refractivity contribution >= 4 is 11.8 Å². The number of ether oxygens (including phenoxy) is 1. The third kappa shape index (κ3) is 3.01. The molecule has 132 valence electrons. The molecule has 0 radical (unpaired) electrons. The highest BCUT2D eigenvalue weighted by Gasteiger charge is 2.18. The molecule has 0 aliphatic heterocycles. The number of hydrogen-bond donors (Lipinski definition) is 2. The van der Waals surface area contributed by atoms with Crippen LogP contribution in [-0.2, 0) is 4.74 Å². The van der Waals surface area contributed by atoms with Gasteiger partial charge in [0.2, 0.25) is 0 Å². The fraction of sp³-hybridized carbons (Fsp3) is 0.0556. The lowest BCUT2D eigenvalue weighted by molar-refractivity contribution is 0.0593. The average Bonchev–Trinajstić information content (AvgIpc) is 3.17. The van der Waals surface area contributed by atoms with E-state index < -0.39 is 11.5 Å². The molecule has 0 spiro atoms. The first-order valence-electron chi connectivity index (χ1n) is 7.61. The number of H-pyrrole nitrogens is 1. The highest BCUT2D eigenvalue weighted by molar-refractivity contribution is 5.87. The fourth-order valence-electron chi connectivity index (χ4n) is 2.59. The number of rotatable bonds is 3. The molecule has 0 atom stereocenters. The van der Waals surface area contributed by atoms with Crippen LogP contribution in [0.15, 0.2) is 41.3 Å². The number of benzene rings is 1. The van der Waals surface area contributed by atoms with Crippen molar-refractivity contribution in [1.29, 1.82) is 10.5 Å². The zero-order valence-corrected chi connectivity index (χ0v) is 14.1. The number of aromatic nitrogens is 3. The predicted octanol–water partition coefficient (Wildman–Crippen LogP) is 1.34. The standard InChI is InChI=1S/C18H12N6O3/c1-27-18(26)14-6-7-24(23-14)11-4-2-10(3-5-11)15-12(8-19)16(21)22-17(25)13(15)9-20/h2-7H,1H3,(H3,21,22,25). The molecule has 27 heavy (non-hydrogen) atoms. The van der Waals surface area contributed by atoms with E-state index in [1.807, 2.05) is 12.1 Å². The summed E-state index contributed by atoms with van der Waals surface area (Å²) in [7, 11) is 1.27. The molecule has 0 unspecified atom stereocenters. The Bertz CT molecular complexity index is 1180. The lowest BCUT2D eigenvalue weighted by Gasteiger charge is -2.09. The number of nitriles is 2.